The summed E-state index contributed by atoms with van der Waals surface area (Å²) in [5.41, 5.74) is 0. The molecule has 0 spiro atoms. The van der Waals surface area contributed by atoms with E-state index in [0.717, 1.165) is 12.8 Å². The molecule has 0 atom stereocenters. The lowest BCUT2D eigenvalue weighted by atomic mass is 10.4. The van der Waals surface area contributed by atoms with Crippen LogP contribution in [0.15, 0.2) is 24.7 Å². The minimum Gasteiger partial charge on any atom is -0.473 e. The predicted molar refractivity (Wildman–Crippen MR) is 64.4 cm³/mol. The molecule has 0 aromatic carbocycles. The lowest BCUT2D eigenvalue weighted by Crippen LogP contribution is -1.99. The molecule has 0 aliphatic rings. The van der Waals surface area contributed by atoms with E-state index in [4.69, 9.17) is 24.4 Å². The number of hydrogen-bond acceptors (Lipinski definition) is 5. The molecular formula is C12H22O5. The molecule has 2 N–H and O–H groups in total. The minimum atomic E-state index is 0.0568. The van der Waals surface area contributed by atoms with Crippen LogP contribution in [-0.4, -0.2) is 49.9 Å². The molecule has 0 aromatic rings. The largest absolute Gasteiger partial charge is 0.473 e. The fourth-order valence-corrected chi connectivity index (χ4v) is 0.929. The molecule has 0 rings (SSSR count). The highest BCUT2D eigenvalue weighted by atomic mass is 16.5. The Labute approximate surface area is 102 Å². The van der Waals surface area contributed by atoms with E-state index in [1.54, 1.807) is 12.5 Å². The Morgan fingerprint density at radius 2 is 1.18 bits per heavy atom. The average molecular weight is 246 g/mol. The summed E-state index contributed by atoms with van der Waals surface area (Å²) in [6.07, 6.45) is 8.40. The molecule has 0 aromatic heterocycles. The second-order valence-corrected chi connectivity index (χ2v) is 3.13. The molecule has 0 bridgehead atoms. The predicted octanol–water partition coefficient (Wildman–Crippen LogP) is 0.828. The quantitative estimate of drug-likeness (QED) is 0.394. The van der Waals surface area contributed by atoms with Crippen LogP contribution in [0.25, 0.3) is 0 Å². The van der Waals surface area contributed by atoms with Gasteiger partial charge in [-0.1, -0.05) is 0 Å². The van der Waals surface area contributed by atoms with Crippen molar-refractivity contribution in [3.05, 3.63) is 24.7 Å². The van der Waals surface area contributed by atoms with Crippen molar-refractivity contribution in [2.24, 2.45) is 0 Å². The Morgan fingerprint density at radius 1 is 0.706 bits per heavy atom. The van der Waals surface area contributed by atoms with Crippen LogP contribution in [0.1, 0.15) is 12.8 Å². The van der Waals surface area contributed by atoms with Crippen molar-refractivity contribution >= 4 is 0 Å². The zero-order chi connectivity index (χ0) is 12.6. The average Bonchev–Trinajstić information content (AvgIpc) is 2.35. The summed E-state index contributed by atoms with van der Waals surface area (Å²) < 4.78 is 15.2. The Bertz CT molecular complexity index is 171. The van der Waals surface area contributed by atoms with Crippen molar-refractivity contribution in [2.45, 2.75) is 12.8 Å². The number of ether oxygens (including phenoxy) is 3. The number of hydrogen-bond donors (Lipinski definition) is 2. The highest BCUT2D eigenvalue weighted by molar-refractivity contribution is 4.79. The van der Waals surface area contributed by atoms with Crippen LogP contribution in [0.3, 0.4) is 0 Å². The second-order valence-electron chi connectivity index (χ2n) is 3.13. The molecule has 0 radical (unpaired) electrons. The van der Waals surface area contributed by atoms with Gasteiger partial charge in [-0.05, 0) is 25.0 Å². The second kappa shape index (κ2) is 15.1. The van der Waals surface area contributed by atoms with Gasteiger partial charge in [0.25, 0.3) is 0 Å². The van der Waals surface area contributed by atoms with E-state index in [-0.39, 0.29) is 13.2 Å². The maximum absolute atomic E-state index is 8.44. The maximum atomic E-state index is 8.44. The van der Waals surface area contributed by atoms with Gasteiger partial charge in [-0.2, -0.15) is 0 Å². The lowest BCUT2D eigenvalue weighted by molar-refractivity contribution is 0.0950. The first-order chi connectivity index (χ1) is 8.41. The van der Waals surface area contributed by atoms with Crippen molar-refractivity contribution in [1.29, 1.82) is 0 Å². The Morgan fingerprint density at radius 3 is 1.59 bits per heavy atom. The van der Waals surface area contributed by atoms with Crippen molar-refractivity contribution in [1.82, 2.24) is 0 Å². The van der Waals surface area contributed by atoms with Gasteiger partial charge in [0.1, 0.15) is 0 Å². The van der Waals surface area contributed by atoms with Crippen molar-refractivity contribution in [2.75, 3.05) is 39.6 Å². The first-order valence-corrected chi connectivity index (χ1v) is 5.74. The van der Waals surface area contributed by atoms with Gasteiger partial charge in [0, 0.05) is 0 Å². The molecule has 0 amide bonds. The molecule has 17 heavy (non-hydrogen) atoms. The van der Waals surface area contributed by atoms with Crippen LogP contribution in [-0.2, 0) is 14.2 Å². The van der Waals surface area contributed by atoms with Crippen molar-refractivity contribution in [3.8, 4) is 0 Å². The van der Waals surface area contributed by atoms with Crippen LogP contribution in [0.4, 0.5) is 0 Å². The van der Waals surface area contributed by atoms with Gasteiger partial charge in [-0.3, -0.25) is 0 Å². The van der Waals surface area contributed by atoms with Gasteiger partial charge < -0.3 is 24.4 Å². The number of aliphatic hydroxyl groups is 2. The molecule has 0 fully saturated rings. The third-order valence-corrected chi connectivity index (χ3v) is 1.68. The van der Waals surface area contributed by atoms with E-state index in [0.29, 0.717) is 26.4 Å². The monoisotopic (exact) mass is 246 g/mol. The summed E-state index contributed by atoms with van der Waals surface area (Å²) in [6, 6.07) is 0. The van der Waals surface area contributed by atoms with Crippen LogP contribution in [0, 0.1) is 0 Å². The summed E-state index contributed by atoms with van der Waals surface area (Å²) in [4.78, 5) is 0. The van der Waals surface area contributed by atoms with Gasteiger partial charge in [0.15, 0.2) is 0 Å². The lowest BCUT2D eigenvalue weighted by Gasteiger charge is -1.98. The van der Waals surface area contributed by atoms with Crippen molar-refractivity contribution < 1.29 is 24.4 Å². The van der Waals surface area contributed by atoms with Crippen LogP contribution in [0.5, 0.6) is 0 Å². The normalized spacial score (nSPS) is 11.6. The van der Waals surface area contributed by atoms with Crippen LogP contribution >= 0.6 is 0 Å². The Balaban J connectivity index is 3.14. The maximum Gasteiger partial charge on any atom is 0.0862 e. The Kier molecular flexibility index (Phi) is 14.3. The fourth-order valence-electron chi connectivity index (χ4n) is 0.929. The molecule has 5 heteroatoms. The van der Waals surface area contributed by atoms with E-state index in [1.807, 2.05) is 12.2 Å². The van der Waals surface area contributed by atoms with Gasteiger partial charge in [0.05, 0.1) is 52.2 Å². The van der Waals surface area contributed by atoms with Gasteiger partial charge in [-0.25, -0.2) is 0 Å². The fraction of sp³-hybridized carbons (Fsp3) is 0.667. The van der Waals surface area contributed by atoms with Crippen molar-refractivity contribution in [3.63, 3.8) is 0 Å². The topological polar surface area (TPSA) is 68.2 Å². The smallest absolute Gasteiger partial charge is 0.0862 e. The molecule has 0 saturated heterocycles. The van der Waals surface area contributed by atoms with E-state index >= 15 is 0 Å². The molecule has 5 nitrogen and oxygen atoms in total. The third kappa shape index (κ3) is 15.1. The standard InChI is InChI=1S/C12H22O5/c13-5-11-16-9-3-1-7-15-8-2-4-10-17-12-6-14/h1-2,7-8,13-14H,3-6,9-12H2. The van der Waals surface area contributed by atoms with Crippen LogP contribution < -0.4 is 0 Å². The minimum absolute atomic E-state index is 0.0568. The molecular weight excluding hydrogens is 224 g/mol. The van der Waals surface area contributed by atoms with E-state index in [1.165, 1.54) is 0 Å². The summed E-state index contributed by atoms with van der Waals surface area (Å²) >= 11 is 0. The van der Waals surface area contributed by atoms with E-state index < -0.39 is 0 Å². The molecule has 0 saturated carbocycles. The molecule has 0 heterocycles. The van der Waals surface area contributed by atoms with Gasteiger partial charge in [-0.15, -0.1) is 0 Å². The van der Waals surface area contributed by atoms with E-state index in [2.05, 4.69) is 0 Å². The third-order valence-electron chi connectivity index (χ3n) is 1.68. The highest BCUT2D eigenvalue weighted by Crippen LogP contribution is 1.90. The van der Waals surface area contributed by atoms with Gasteiger partial charge in [0.2, 0.25) is 0 Å². The first kappa shape index (κ1) is 16.1. The number of aliphatic hydroxyl groups excluding tert-OH is 2. The first-order valence-electron chi connectivity index (χ1n) is 5.74. The Hall–Kier alpha value is -0.880. The summed E-state index contributed by atoms with van der Waals surface area (Å²) in [7, 11) is 0. The number of rotatable bonds is 12. The SMILES string of the molecule is OCCOCCC=COC=CCCOCCO. The van der Waals surface area contributed by atoms with E-state index in [9.17, 15) is 0 Å². The zero-order valence-electron chi connectivity index (χ0n) is 10.1. The summed E-state index contributed by atoms with van der Waals surface area (Å²) in [6.45, 7) is 2.03. The molecule has 0 aliphatic carbocycles. The highest BCUT2D eigenvalue weighted by Gasteiger charge is 1.84. The molecule has 100 valence electrons. The molecule has 0 unspecified atom stereocenters. The molecule has 0 aliphatic heterocycles. The zero-order valence-corrected chi connectivity index (χ0v) is 10.1. The summed E-state index contributed by atoms with van der Waals surface area (Å²) in [5.74, 6) is 0. The van der Waals surface area contributed by atoms with Gasteiger partial charge >= 0.3 is 0 Å². The van der Waals surface area contributed by atoms with Crippen LogP contribution in [0.2, 0.25) is 0 Å². The summed E-state index contributed by atoms with van der Waals surface area (Å²) in [5, 5.41) is 16.9.